The second-order valence-electron chi connectivity index (χ2n) is 4.44. The van der Waals surface area contributed by atoms with Crippen molar-refractivity contribution < 1.29 is 33.1 Å². The Kier molecular flexibility index (Phi) is 4.29. The smallest absolute Gasteiger partial charge is 0.360 e. The molecule has 9 nitrogen and oxygen atoms in total. The van der Waals surface area contributed by atoms with Gasteiger partial charge in [-0.2, -0.15) is 0 Å². The predicted molar refractivity (Wildman–Crippen MR) is 69.1 cm³/mol. The summed E-state index contributed by atoms with van der Waals surface area (Å²) < 4.78 is 24.4. The molecule has 1 fully saturated rings. The van der Waals surface area contributed by atoms with Crippen molar-refractivity contribution in [2.24, 2.45) is 5.16 Å². The molecule has 3 atom stereocenters. The summed E-state index contributed by atoms with van der Waals surface area (Å²) in [5.41, 5.74) is -2.95. The third-order valence-electron chi connectivity index (χ3n) is 2.96. The van der Waals surface area contributed by atoms with Gasteiger partial charge in [0.1, 0.15) is 11.8 Å². The van der Waals surface area contributed by atoms with Crippen LogP contribution in [-0.4, -0.2) is 48.2 Å². The molecule has 2 aliphatic heterocycles. The first-order valence-corrected chi connectivity index (χ1v) is 6.43. The van der Waals surface area contributed by atoms with Crippen LogP contribution in [0.2, 0.25) is 0 Å². The lowest BCUT2D eigenvalue weighted by Crippen LogP contribution is -2.70. The molecule has 2 aliphatic rings. The number of oxime groups is 1. The molecule has 0 saturated carbocycles. The first kappa shape index (κ1) is 15.7. The van der Waals surface area contributed by atoms with Crippen LogP contribution in [0.15, 0.2) is 17.5 Å². The van der Waals surface area contributed by atoms with E-state index in [4.69, 9.17) is 9.57 Å². The predicted octanol–water partition coefficient (Wildman–Crippen LogP) is -0.272. The van der Waals surface area contributed by atoms with Crippen LogP contribution in [-0.2, 0) is 23.9 Å². The van der Waals surface area contributed by atoms with Gasteiger partial charge in [-0.15, -0.1) is 0 Å². The van der Waals surface area contributed by atoms with E-state index < -0.39 is 35.9 Å². The number of nitrogens with one attached hydrogen (secondary N) is 2. The van der Waals surface area contributed by atoms with Crippen molar-refractivity contribution in [3.05, 3.63) is 12.3 Å². The number of carbonyl (C=O) groups is 3. The number of rotatable bonds is 4. The van der Waals surface area contributed by atoms with Gasteiger partial charge in [-0.1, -0.05) is 5.16 Å². The fraction of sp³-hybridized carbons (Fsp3) is 0.500. The minimum absolute atomic E-state index is 0.152. The Labute approximate surface area is 124 Å². The number of carbonyl (C=O) groups excluding carboxylic acids is 3. The van der Waals surface area contributed by atoms with Gasteiger partial charge in [-0.25, -0.2) is 14.0 Å². The number of hydrogen-bond acceptors (Lipinski definition) is 7. The lowest BCUT2D eigenvalue weighted by molar-refractivity contribution is -0.179. The standard InChI is InChI=1S/C12H14FN3O6/c1-3-20-10(18)12(13)8(17)14-11(19)15-9(12)22-16-7-4-5-21-6(7)2/h4-6,9H,3H2,1-2H3,(H2,14,15,17,19). The Bertz CT molecular complexity index is 563. The summed E-state index contributed by atoms with van der Waals surface area (Å²) in [4.78, 5) is 39.6. The molecular formula is C12H14FN3O6. The molecule has 3 amide bonds. The van der Waals surface area contributed by atoms with Crippen LogP contribution in [0.4, 0.5) is 9.18 Å². The number of urea groups is 1. The number of nitrogens with zero attached hydrogens (tertiary/aromatic N) is 1. The lowest BCUT2D eigenvalue weighted by atomic mass is 10.0. The molecule has 1 saturated heterocycles. The molecule has 0 aromatic rings. The maximum Gasteiger partial charge on any atom is 0.360 e. The average molecular weight is 315 g/mol. The van der Waals surface area contributed by atoms with Crippen molar-refractivity contribution >= 4 is 23.6 Å². The Morgan fingerprint density at radius 3 is 2.86 bits per heavy atom. The van der Waals surface area contributed by atoms with Crippen LogP contribution in [0, 0.1) is 0 Å². The van der Waals surface area contributed by atoms with Gasteiger partial charge in [0, 0.05) is 6.08 Å². The van der Waals surface area contributed by atoms with Crippen LogP contribution >= 0.6 is 0 Å². The summed E-state index contributed by atoms with van der Waals surface area (Å²) in [6.45, 7) is 2.95. The summed E-state index contributed by atoms with van der Waals surface area (Å²) in [6.07, 6.45) is 0.415. The van der Waals surface area contributed by atoms with Gasteiger partial charge in [0.15, 0.2) is 0 Å². The van der Waals surface area contributed by atoms with Gasteiger partial charge < -0.3 is 14.3 Å². The molecule has 2 heterocycles. The van der Waals surface area contributed by atoms with E-state index in [0.717, 1.165) is 0 Å². The zero-order chi connectivity index (χ0) is 16.3. The second-order valence-corrected chi connectivity index (χ2v) is 4.44. The summed E-state index contributed by atoms with van der Waals surface area (Å²) in [5, 5.41) is 7.22. The molecule has 0 aromatic carbocycles. The molecule has 22 heavy (non-hydrogen) atoms. The zero-order valence-electron chi connectivity index (χ0n) is 11.8. The van der Waals surface area contributed by atoms with Gasteiger partial charge in [0.2, 0.25) is 0 Å². The van der Waals surface area contributed by atoms with E-state index in [-0.39, 0.29) is 6.61 Å². The summed E-state index contributed by atoms with van der Waals surface area (Å²) in [7, 11) is 0. The van der Waals surface area contributed by atoms with Gasteiger partial charge in [0.25, 0.3) is 12.1 Å². The van der Waals surface area contributed by atoms with Crippen molar-refractivity contribution in [2.75, 3.05) is 6.61 Å². The minimum atomic E-state index is -3.25. The van der Waals surface area contributed by atoms with Crippen LogP contribution in [0.25, 0.3) is 0 Å². The SMILES string of the molecule is CCOC(=O)C1(F)C(=O)NC(=O)NC1ON=C1C=COC1C. The monoisotopic (exact) mass is 315 g/mol. The number of imide groups is 1. The van der Waals surface area contributed by atoms with Crippen molar-refractivity contribution in [2.45, 2.75) is 31.8 Å². The van der Waals surface area contributed by atoms with Gasteiger partial charge in [0.05, 0.1) is 12.9 Å². The number of hydrogen-bond donors (Lipinski definition) is 2. The van der Waals surface area contributed by atoms with E-state index in [2.05, 4.69) is 9.89 Å². The van der Waals surface area contributed by atoms with E-state index >= 15 is 0 Å². The number of halogens is 1. The first-order chi connectivity index (χ1) is 10.4. The Hall–Kier alpha value is -2.65. The number of esters is 1. The van der Waals surface area contributed by atoms with E-state index in [1.54, 1.807) is 12.2 Å². The normalized spacial score (nSPS) is 32.2. The maximum absolute atomic E-state index is 14.8. The van der Waals surface area contributed by atoms with Gasteiger partial charge >= 0.3 is 17.7 Å². The fourth-order valence-corrected chi connectivity index (χ4v) is 1.75. The van der Waals surface area contributed by atoms with E-state index in [0.29, 0.717) is 5.71 Å². The summed E-state index contributed by atoms with van der Waals surface area (Å²) in [5.74, 6) is -2.96. The Morgan fingerprint density at radius 2 is 2.27 bits per heavy atom. The maximum atomic E-state index is 14.8. The average Bonchev–Trinajstić information content (AvgIpc) is 2.86. The molecule has 10 heteroatoms. The number of alkyl halides is 1. The number of ether oxygens (including phenoxy) is 2. The minimum Gasteiger partial charge on any atom is -0.492 e. The molecule has 0 aliphatic carbocycles. The van der Waals surface area contributed by atoms with E-state index in [1.165, 1.54) is 19.3 Å². The lowest BCUT2D eigenvalue weighted by Gasteiger charge is -2.32. The molecule has 0 radical (unpaired) electrons. The van der Waals surface area contributed by atoms with Crippen LogP contribution in [0.5, 0.6) is 0 Å². The van der Waals surface area contributed by atoms with E-state index in [9.17, 15) is 18.8 Å². The van der Waals surface area contributed by atoms with Gasteiger partial charge in [-0.3, -0.25) is 15.4 Å². The Balaban J connectivity index is 2.23. The molecular weight excluding hydrogens is 301 g/mol. The third-order valence-corrected chi connectivity index (χ3v) is 2.96. The summed E-state index contributed by atoms with van der Waals surface area (Å²) in [6, 6.07) is -1.01. The third kappa shape index (κ3) is 2.71. The topological polar surface area (TPSA) is 115 Å². The highest BCUT2D eigenvalue weighted by molar-refractivity contribution is 6.14. The van der Waals surface area contributed by atoms with Crippen molar-refractivity contribution in [1.29, 1.82) is 0 Å². The highest BCUT2D eigenvalue weighted by atomic mass is 19.1. The van der Waals surface area contributed by atoms with Crippen molar-refractivity contribution in [1.82, 2.24) is 10.6 Å². The van der Waals surface area contributed by atoms with E-state index in [1.807, 2.05) is 5.32 Å². The molecule has 2 rings (SSSR count). The largest absolute Gasteiger partial charge is 0.492 e. The molecule has 0 aromatic heterocycles. The Morgan fingerprint density at radius 1 is 1.55 bits per heavy atom. The first-order valence-electron chi connectivity index (χ1n) is 6.43. The summed E-state index contributed by atoms with van der Waals surface area (Å²) >= 11 is 0. The van der Waals surface area contributed by atoms with Crippen LogP contribution in [0.1, 0.15) is 13.8 Å². The van der Waals surface area contributed by atoms with Crippen LogP contribution in [0.3, 0.4) is 0 Å². The van der Waals surface area contributed by atoms with Crippen molar-refractivity contribution in [3.63, 3.8) is 0 Å². The highest BCUT2D eigenvalue weighted by Crippen LogP contribution is 2.24. The number of amides is 3. The van der Waals surface area contributed by atoms with Crippen molar-refractivity contribution in [3.8, 4) is 0 Å². The molecule has 3 unspecified atom stereocenters. The molecule has 120 valence electrons. The fourth-order valence-electron chi connectivity index (χ4n) is 1.75. The molecule has 0 bridgehead atoms. The molecule has 0 spiro atoms. The quantitative estimate of drug-likeness (QED) is 0.419. The van der Waals surface area contributed by atoms with Crippen LogP contribution < -0.4 is 10.6 Å². The molecule has 2 N–H and O–H groups in total. The second kappa shape index (κ2) is 6.00. The van der Waals surface area contributed by atoms with Gasteiger partial charge in [-0.05, 0) is 13.8 Å². The zero-order valence-corrected chi connectivity index (χ0v) is 11.8. The highest BCUT2D eigenvalue weighted by Gasteiger charge is 2.61.